The maximum absolute atomic E-state index is 11.9. The molecule has 2 atom stereocenters. The lowest BCUT2D eigenvalue weighted by molar-refractivity contribution is 0.0983. The summed E-state index contributed by atoms with van der Waals surface area (Å²) in [6.45, 7) is 6.36. The highest BCUT2D eigenvalue weighted by molar-refractivity contribution is 5.94. The van der Waals surface area contributed by atoms with Crippen molar-refractivity contribution in [1.82, 2.24) is 25.1 Å². The molecule has 9 heteroatoms. The minimum Gasteiger partial charge on any atom is -0.508 e. The standard InChI is InChI=1S/C24H28N6O3/c1-5-25-24(32)29-23-27-19-11-17(12-20(22(19)28-23)30-10-6-9-26-30)16-7-8-18(21(31)13-16)14(2)15(3)33-4/h6-15,31H,5H2,1-4H3,(H3,25,27,28,29,32)/t14-,15+/m0/s1. The SMILES string of the molecule is CCNC(=O)Nc1nc2c(-n3cccn3)cc(-c3ccc([C@@H](C)[C@@H](C)OC)c(O)c3)cc2[nH]1. The van der Waals surface area contributed by atoms with E-state index < -0.39 is 0 Å². The highest BCUT2D eigenvalue weighted by atomic mass is 16.5. The second kappa shape index (κ2) is 9.33. The summed E-state index contributed by atoms with van der Waals surface area (Å²) in [7, 11) is 1.66. The molecule has 2 aromatic heterocycles. The van der Waals surface area contributed by atoms with Crippen LogP contribution in [-0.4, -0.2) is 50.6 Å². The summed E-state index contributed by atoms with van der Waals surface area (Å²) >= 11 is 0. The molecule has 2 heterocycles. The lowest BCUT2D eigenvalue weighted by Gasteiger charge is -2.20. The van der Waals surface area contributed by atoms with Crippen molar-refractivity contribution < 1.29 is 14.6 Å². The molecule has 0 bridgehead atoms. The molecule has 4 aromatic rings. The zero-order chi connectivity index (χ0) is 23.5. The number of hydrogen-bond acceptors (Lipinski definition) is 5. The monoisotopic (exact) mass is 448 g/mol. The number of fused-ring (bicyclic) bond motifs is 1. The molecule has 172 valence electrons. The molecule has 4 N–H and O–H groups in total. The van der Waals surface area contributed by atoms with Crippen LogP contribution in [0, 0.1) is 0 Å². The van der Waals surface area contributed by atoms with E-state index in [0.29, 0.717) is 18.0 Å². The number of benzene rings is 2. The lowest BCUT2D eigenvalue weighted by atomic mass is 9.93. The van der Waals surface area contributed by atoms with E-state index in [9.17, 15) is 9.90 Å². The first-order valence-corrected chi connectivity index (χ1v) is 10.9. The Labute approximate surface area is 191 Å². The number of nitrogens with zero attached hydrogens (tertiary/aromatic N) is 3. The fourth-order valence-electron chi connectivity index (χ4n) is 3.79. The molecule has 0 unspecified atom stereocenters. The maximum atomic E-state index is 11.9. The molecule has 4 rings (SSSR count). The largest absolute Gasteiger partial charge is 0.508 e. The second-order valence-electron chi connectivity index (χ2n) is 7.92. The van der Waals surface area contributed by atoms with E-state index in [1.54, 1.807) is 24.1 Å². The van der Waals surface area contributed by atoms with Gasteiger partial charge in [0.2, 0.25) is 5.95 Å². The topological polar surface area (TPSA) is 117 Å². The van der Waals surface area contributed by atoms with Crippen molar-refractivity contribution >= 4 is 23.0 Å². The smallest absolute Gasteiger partial charge is 0.321 e. The average Bonchev–Trinajstić information content (AvgIpc) is 3.47. The number of carbonyl (C=O) groups is 1. The fraction of sp³-hybridized carbons (Fsp3) is 0.292. The van der Waals surface area contributed by atoms with Gasteiger partial charge in [0.1, 0.15) is 11.3 Å². The number of imidazole rings is 1. The van der Waals surface area contributed by atoms with Crippen LogP contribution in [0.1, 0.15) is 32.3 Å². The molecule has 0 spiro atoms. The van der Waals surface area contributed by atoms with Gasteiger partial charge in [-0.2, -0.15) is 5.10 Å². The van der Waals surface area contributed by atoms with Gasteiger partial charge in [0, 0.05) is 32.0 Å². The number of aromatic nitrogens is 4. The highest BCUT2D eigenvalue weighted by Gasteiger charge is 2.19. The molecule has 0 saturated carbocycles. The number of amides is 2. The van der Waals surface area contributed by atoms with Crippen LogP contribution in [0.4, 0.5) is 10.7 Å². The number of ether oxygens (including phenoxy) is 1. The Hall–Kier alpha value is -3.85. The number of rotatable bonds is 7. The third-order valence-corrected chi connectivity index (χ3v) is 5.82. The van der Waals surface area contributed by atoms with Gasteiger partial charge in [-0.3, -0.25) is 5.32 Å². The minimum atomic E-state index is -0.336. The van der Waals surface area contributed by atoms with Crippen molar-refractivity contribution in [3.8, 4) is 22.6 Å². The van der Waals surface area contributed by atoms with Gasteiger partial charge in [-0.15, -0.1) is 0 Å². The van der Waals surface area contributed by atoms with E-state index in [1.807, 2.05) is 57.3 Å². The number of aromatic hydroxyl groups is 1. The molecule has 2 amide bonds. The number of phenolic OH excluding ortho intramolecular Hbond substituents is 1. The number of carbonyl (C=O) groups excluding carboxylic acids is 1. The van der Waals surface area contributed by atoms with Crippen molar-refractivity contribution in [1.29, 1.82) is 0 Å². The van der Waals surface area contributed by atoms with Crippen molar-refractivity contribution in [3.05, 3.63) is 54.4 Å². The van der Waals surface area contributed by atoms with Gasteiger partial charge in [0.05, 0.1) is 17.3 Å². The summed E-state index contributed by atoms with van der Waals surface area (Å²) in [6, 6.07) is 11.1. The summed E-state index contributed by atoms with van der Waals surface area (Å²) in [5.74, 6) is 0.594. The van der Waals surface area contributed by atoms with Gasteiger partial charge in [-0.1, -0.05) is 19.1 Å². The molecule has 0 aliphatic carbocycles. The maximum Gasteiger partial charge on any atom is 0.321 e. The van der Waals surface area contributed by atoms with Crippen LogP contribution in [0.15, 0.2) is 48.8 Å². The third-order valence-electron chi connectivity index (χ3n) is 5.82. The molecule has 0 aliphatic heterocycles. The van der Waals surface area contributed by atoms with Crippen molar-refractivity contribution in [2.24, 2.45) is 0 Å². The first-order valence-electron chi connectivity index (χ1n) is 10.9. The Kier molecular flexibility index (Phi) is 6.32. The van der Waals surface area contributed by atoms with Crippen molar-refractivity contribution in [2.75, 3.05) is 19.0 Å². The van der Waals surface area contributed by atoms with Gasteiger partial charge >= 0.3 is 6.03 Å². The number of methoxy groups -OCH3 is 1. The van der Waals surface area contributed by atoms with Crippen LogP contribution >= 0.6 is 0 Å². The van der Waals surface area contributed by atoms with Crippen molar-refractivity contribution in [3.63, 3.8) is 0 Å². The predicted molar refractivity (Wildman–Crippen MR) is 128 cm³/mol. The van der Waals surface area contributed by atoms with Gasteiger partial charge < -0.3 is 20.1 Å². The van der Waals surface area contributed by atoms with Gasteiger partial charge in [-0.05, 0) is 54.8 Å². The van der Waals surface area contributed by atoms with Crippen LogP contribution in [0.5, 0.6) is 5.75 Å². The highest BCUT2D eigenvalue weighted by Crippen LogP contribution is 2.35. The Morgan fingerprint density at radius 3 is 2.73 bits per heavy atom. The van der Waals surface area contributed by atoms with Crippen molar-refractivity contribution in [2.45, 2.75) is 32.8 Å². The van der Waals surface area contributed by atoms with Crippen LogP contribution < -0.4 is 10.6 Å². The summed E-state index contributed by atoms with van der Waals surface area (Å²) in [6.07, 6.45) is 3.50. The molecular weight excluding hydrogens is 420 g/mol. The summed E-state index contributed by atoms with van der Waals surface area (Å²) in [5, 5.41) is 20.5. The number of phenols is 1. The number of aromatic amines is 1. The van der Waals surface area contributed by atoms with Crippen LogP contribution in [0.25, 0.3) is 27.8 Å². The number of nitrogens with one attached hydrogen (secondary N) is 3. The Morgan fingerprint density at radius 2 is 2.06 bits per heavy atom. The van der Waals surface area contributed by atoms with E-state index in [2.05, 4.69) is 25.7 Å². The summed E-state index contributed by atoms with van der Waals surface area (Å²) < 4.78 is 7.14. The van der Waals surface area contributed by atoms with E-state index in [0.717, 1.165) is 27.9 Å². The Bertz CT molecular complexity index is 1260. The Morgan fingerprint density at radius 1 is 1.24 bits per heavy atom. The van der Waals surface area contributed by atoms with E-state index in [1.165, 1.54) is 0 Å². The predicted octanol–water partition coefficient (Wildman–Crippen LogP) is 4.40. The molecular formula is C24H28N6O3. The molecule has 0 fully saturated rings. The van der Waals surface area contributed by atoms with Gasteiger partial charge in [-0.25, -0.2) is 14.5 Å². The van der Waals surface area contributed by atoms with Gasteiger partial charge in [0.15, 0.2) is 0 Å². The van der Waals surface area contributed by atoms with Crippen LogP contribution in [0.3, 0.4) is 0 Å². The molecule has 0 radical (unpaired) electrons. The van der Waals surface area contributed by atoms with E-state index >= 15 is 0 Å². The molecule has 2 aromatic carbocycles. The average molecular weight is 449 g/mol. The zero-order valence-corrected chi connectivity index (χ0v) is 19.1. The molecule has 9 nitrogen and oxygen atoms in total. The van der Waals surface area contributed by atoms with Crippen LogP contribution in [-0.2, 0) is 4.74 Å². The molecule has 0 saturated heterocycles. The normalized spacial score (nSPS) is 13.1. The summed E-state index contributed by atoms with van der Waals surface area (Å²) in [5.41, 5.74) is 4.69. The van der Waals surface area contributed by atoms with Gasteiger partial charge in [0.25, 0.3) is 0 Å². The second-order valence-corrected chi connectivity index (χ2v) is 7.92. The summed E-state index contributed by atoms with van der Waals surface area (Å²) in [4.78, 5) is 19.7. The minimum absolute atomic E-state index is 0.0228. The molecule has 33 heavy (non-hydrogen) atoms. The van der Waals surface area contributed by atoms with E-state index in [4.69, 9.17) is 4.74 Å². The number of hydrogen-bond donors (Lipinski definition) is 4. The first kappa shape index (κ1) is 22.3. The molecule has 0 aliphatic rings. The quantitative estimate of drug-likeness (QED) is 0.334. The lowest BCUT2D eigenvalue weighted by Crippen LogP contribution is -2.28. The number of anilines is 1. The number of urea groups is 1. The fourth-order valence-corrected chi connectivity index (χ4v) is 3.79. The third kappa shape index (κ3) is 4.54. The Balaban J connectivity index is 1.78. The first-order chi connectivity index (χ1) is 15.9. The number of H-pyrrole nitrogens is 1. The van der Waals surface area contributed by atoms with Crippen LogP contribution in [0.2, 0.25) is 0 Å². The van der Waals surface area contributed by atoms with E-state index in [-0.39, 0.29) is 23.8 Å². The zero-order valence-electron chi connectivity index (χ0n) is 19.1.